The van der Waals surface area contributed by atoms with Crippen molar-refractivity contribution in [3.8, 4) is 0 Å². The third-order valence-corrected chi connectivity index (χ3v) is 0.845. The summed E-state index contributed by atoms with van der Waals surface area (Å²) in [4.78, 5) is 3.79. The quantitative estimate of drug-likeness (QED) is 0.484. The molecule has 0 spiro atoms. The van der Waals surface area contributed by atoms with Gasteiger partial charge in [-0.05, 0) is 6.92 Å². The van der Waals surface area contributed by atoms with Crippen molar-refractivity contribution in [3.05, 3.63) is 24.8 Å². The molecule has 37 valence electrons. The molecular formula is C5H6NO. The highest BCUT2D eigenvalue weighted by molar-refractivity contribution is 5.06. The number of rotatable bonds is 0. The van der Waals surface area contributed by atoms with E-state index in [0.29, 0.717) is 5.76 Å². The fraction of sp³-hybridized carbons (Fsp3) is 0.200. The number of hydrogen-bond donors (Lipinski definition) is 0. The molecule has 1 heterocycles. The van der Waals surface area contributed by atoms with E-state index < -0.39 is 0 Å². The van der Waals surface area contributed by atoms with Gasteiger partial charge < -0.3 is 4.42 Å². The van der Waals surface area contributed by atoms with E-state index in [-0.39, 0.29) is 0 Å². The normalized spacial score (nSPS) is 9.43. The van der Waals surface area contributed by atoms with Crippen LogP contribution in [0.4, 0.5) is 0 Å². The smallest absolute Gasteiger partial charge is 0.181 e. The molecule has 0 aliphatic carbocycles. The summed E-state index contributed by atoms with van der Waals surface area (Å²) >= 11 is 0. The molecule has 0 saturated heterocycles. The van der Waals surface area contributed by atoms with Gasteiger partial charge in [0.15, 0.2) is 6.39 Å². The van der Waals surface area contributed by atoms with Crippen molar-refractivity contribution < 1.29 is 4.42 Å². The van der Waals surface area contributed by atoms with Gasteiger partial charge in [0, 0.05) is 6.92 Å². The lowest BCUT2D eigenvalue weighted by molar-refractivity contribution is 0.539. The Morgan fingerprint density at radius 1 is 1.86 bits per heavy atom. The highest BCUT2D eigenvalue weighted by atomic mass is 16.3. The second kappa shape index (κ2) is 1.37. The van der Waals surface area contributed by atoms with E-state index in [1.807, 2.05) is 6.92 Å². The van der Waals surface area contributed by atoms with Gasteiger partial charge in [0.1, 0.15) is 5.76 Å². The SMILES string of the molecule is [CH2]c1ocnc1C. The van der Waals surface area contributed by atoms with E-state index in [2.05, 4.69) is 11.9 Å². The van der Waals surface area contributed by atoms with Gasteiger partial charge in [-0.25, -0.2) is 4.98 Å². The zero-order valence-electron chi connectivity index (χ0n) is 4.14. The zero-order chi connectivity index (χ0) is 5.28. The van der Waals surface area contributed by atoms with Crippen LogP contribution in [0.15, 0.2) is 10.8 Å². The minimum Gasteiger partial charge on any atom is -0.448 e. The predicted octanol–water partition coefficient (Wildman–Crippen LogP) is 1.17. The van der Waals surface area contributed by atoms with Crippen molar-refractivity contribution in [2.24, 2.45) is 0 Å². The number of oxazole rings is 1. The molecule has 0 saturated carbocycles. The molecule has 0 N–H and O–H groups in total. The largest absolute Gasteiger partial charge is 0.448 e. The molecule has 0 amide bonds. The minimum atomic E-state index is 0.653. The van der Waals surface area contributed by atoms with Gasteiger partial charge in [-0.15, -0.1) is 0 Å². The number of aryl methyl sites for hydroxylation is 1. The Kier molecular flexibility index (Phi) is 0.855. The minimum absolute atomic E-state index is 0.653. The van der Waals surface area contributed by atoms with Gasteiger partial charge in [-0.1, -0.05) is 0 Å². The van der Waals surface area contributed by atoms with Crippen LogP contribution in [0.3, 0.4) is 0 Å². The summed E-state index contributed by atoms with van der Waals surface area (Å²) in [5.74, 6) is 0.653. The van der Waals surface area contributed by atoms with E-state index in [1.165, 1.54) is 6.39 Å². The molecule has 0 unspecified atom stereocenters. The highest BCUT2D eigenvalue weighted by Crippen LogP contribution is 1.99. The van der Waals surface area contributed by atoms with Gasteiger partial charge in [-0.3, -0.25) is 0 Å². The second-order valence-electron chi connectivity index (χ2n) is 1.36. The highest BCUT2D eigenvalue weighted by Gasteiger charge is 1.91. The van der Waals surface area contributed by atoms with Crippen molar-refractivity contribution in [2.75, 3.05) is 0 Å². The average molecular weight is 96.1 g/mol. The van der Waals surface area contributed by atoms with Crippen molar-refractivity contribution in [2.45, 2.75) is 6.92 Å². The Bertz CT molecular complexity index is 140. The van der Waals surface area contributed by atoms with Crippen LogP contribution in [-0.4, -0.2) is 4.98 Å². The van der Waals surface area contributed by atoms with Crippen LogP contribution in [0.5, 0.6) is 0 Å². The maximum absolute atomic E-state index is 4.74. The number of aromatic nitrogens is 1. The summed E-state index contributed by atoms with van der Waals surface area (Å²) in [6.07, 6.45) is 1.39. The molecule has 0 aliphatic rings. The van der Waals surface area contributed by atoms with E-state index >= 15 is 0 Å². The number of hydrogen-bond acceptors (Lipinski definition) is 2. The fourth-order valence-corrected chi connectivity index (χ4v) is 0.326. The standard InChI is InChI=1S/C5H6NO/c1-4-5(2)7-3-6-4/h3H,2H2,1H3. The monoisotopic (exact) mass is 96.0 g/mol. The molecule has 1 radical (unpaired) electrons. The van der Waals surface area contributed by atoms with E-state index in [4.69, 9.17) is 4.42 Å². The maximum Gasteiger partial charge on any atom is 0.181 e. The Morgan fingerprint density at radius 3 is 2.71 bits per heavy atom. The summed E-state index contributed by atoms with van der Waals surface area (Å²) in [6.45, 7) is 5.40. The lowest BCUT2D eigenvalue weighted by Crippen LogP contribution is -1.69. The van der Waals surface area contributed by atoms with Gasteiger partial charge >= 0.3 is 0 Å². The molecule has 0 fully saturated rings. The summed E-state index contributed by atoms with van der Waals surface area (Å²) < 4.78 is 4.74. The van der Waals surface area contributed by atoms with Crippen LogP contribution in [0.1, 0.15) is 11.5 Å². The first-order valence-electron chi connectivity index (χ1n) is 2.03. The third-order valence-electron chi connectivity index (χ3n) is 0.845. The van der Waals surface area contributed by atoms with Gasteiger partial charge in [0.25, 0.3) is 0 Å². The van der Waals surface area contributed by atoms with Crippen LogP contribution in [0, 0.1) is 13.8 Å². The summed E-state index contributed by atoms with van der Waals surface area (Å²) in [7, 11) is 0. The lowest BCUT2D eigenvalue weighted by Gasteiger charge is -1.76. The van der Waals surface area contributed by atoms with Crippen molar-refractivity contribution in [1.82, 2.24) is 4.98 Å². The first kappa shape index (κ1) is 4.37. The van der Waals surface area contributed by atoms with Crippen LogP contribution in [-0.2, 0) is 0 Å². The van der Waals surface area contributed by atoms with Crippen molar-refractivity contribution in [1.29, 1.82) is 0 Å². The van der Waals surface area contributed by atoms with Gasteiger partial charge in [0.05, 0.1) is 5.69 Å². The molecule has 0 aromatic carbocycles. The first-order chi connectivity index (χ1) is 3.30. The van der Waals surface area contributed by atoms with E-state index in [0.717, 1.165) is 5.69 Å². The molecular weight excluding hydrogens is 90.1 g/mol. The maximum atomic E-state index is 4.74. The molecule has 7 heavy (non-hydrogen) atoms. The van der Waals surface area contributed by atoms with Gasteiger partial charge in [-0.2, -0.15) is 0 Å². The zero-order valence-corrected chi connectivity index (χ0v) is 4.14. The summed E-state index contributed by atoms with van der Waals surface area (Å²) in [6, 6.07) is 0. The first-order valence-corrected chi connectivity index (χ1v) is 2.03. The van der Waals surface area contributed by atoms with E-state index in [1.54, 1.807) is 0 Å². The van der Waals surface area contributed by atoms with Crippen molar-refractivity contribution in [3.63, 3.8) is 0 Å². The third kappa shape index (κ3) is 0.633. The molecule has 1 aromatic heterocycles. The Balaban J connectivity index is 3.12. The molecule has 0 bridgehead atoms. The Hall–Kier alpha value is -0.790. The van der Waals surface area contributed by atoms with Crippen molar-refractivity contribution >= 4 is 0 Å². The molecule has 2 heteroatoms. The van der Waals surface area contributed by atoms with Crippen LogP contribution >= 0.6 is 0 Å². The second-order valence-corrected chi connectivity index (χ2v) is 1.36. The predicted molar refractivity (Wildman–Crippen MR) is 25.7 cm³/mol. The topological polar surface area (TPSA) is 26.0 Å². The fourth-order valence-electron chi connectivity index (χ4n) is 0.326. The molecule has 1 rings (SSSR count). The van der Waals surface area contributed by atoms with Gasteiger partial charge in [0.2, 0.25) is 0 Å². The van der Waals surface area contributed by atoms with Crippen LogP contribution in [0.2, 0.25) is 0 Å². The Morgan fingerprint density at radius 2 is 2.57 bits per heavy atom. The van der Waals surface area contributed by atoms with Crippen LogP contribution < -0.4 is 0 Å². The molecule has 0 atom stereocenters. The average Bonchev–Trinajstić information content (AvgIpc) is 1.91. The Labute approximate surface area is 42.2 Å². The summed E-state index contributed by atoms with van der Waals surface area (Å²) in [5.41, 5.74) is 0.861. The number of nitrogens with zero attached hydrogens (tertiary/aromatic N) is 1. The van der Waals surface area contributed by atoms with Crippen LogP contribution in [0.25, 0.3) is 0 Å². The lowest BCUT2D eigenvalue weighted by atomic mass is 10.4. The molecule has 1 aromatic rings. The summed E-state index contributed by atoms with van der Waals surface area (Å²) in [5, 5.41) is 0. The van der Waals surface area contributed by atoms with E-state index in [9.17, 15) is 0 Å². The molecule has 2 nitrogen and oxygen atoms in total. The molecule has 0 aliphatic heterocycles.